The summed E-state index contributed by atoms with van der Waals surface area (Å²) in [5.74, 6) is 0. The number of carbonyl (C=O) groups is 1. The van der Waals surface area contributed by atoms with Gasteiger partial charge in [-0.2, -0.15) is 5.10 Å². The lowest BCUT2D eigenvalue weighted by Crippen LogP contribution is -2.30. The molecule has 0 fully saturated rings. The monoisotopic (exact) mass is 280 g/mol. The molecule has 2 amide bonds. The van der Waals surface area contributed by atoms with E-state index in [1.807, 2.05) is 42.5 Å². The molecule has 5 nitrogen and oxygen atoms in total. The third-order valence-electron chi connectivity index (χ3n) is 3.35. The maximum Gasteiger partial charge on any atom is 0.321 e. The van der Waals surface area contributed by atoms with Gasteiger partial charge in [0, 0.05) is 24.2 Å². The molecule has 0 aliphatic carbocycles. The van der Waals surface area contributed by atoms with Gasteiger partial charge >= 0.3 is 6.03 Å². The van der Waals surface area contributed by atoms with E-state index in [2.05, 4.69) is 15.5 Å². The molecule has 0 unspecified atom stereocenters. The largest absolute Gasteiger partial charge is 0.323 e. The molecular weight excluding hydrogens is 264 g/mol. The summed E-state index contributed by atoms with van der Waals surface area (Å²) < 4.78 is 0. The van der Waals surface area contributed by atoms with Crippen molar-refractivity contribution >= 4 is 22.5 Å². The molecule has 0 bridgehead atoms. The molecule has 0 saturated carbocycles. The van der Waals surface area contributed by atoms with Crippen LogP contribution < -0.4 is 5.32 Å². The zero-order valence-corrected chi connectivity index (χ0v) is 11.7. The van der Waals surface area contributed by atoms with Gasteiger partial charge in [0.1, 0.15) is 0 Å². The van der Waals surface area contributed by atoms with Crippen molar-refractivity contribution in [2.24, 2.45) is 0 Å². The van der Waals surface area contributed by atoms with E-state index in [1.54, 1.807) is 24.3 Å². The van der Waals surface area contributed by atoms with Crippen molar-refractivity contribution in [1.29, 1.82) is 0 Å². The first kappa shape index (κ1) is 13.2. The normalized spacial score (nSPS) is 10.5. The van der Waals surface area contributed by atoms with E-state index >= 15 is 0 Å². The summed E-state index contributed by atoms with van der Waals surface area (Å²) in [5, 5.41) is 11.7. The smallest absolute Gasteiger partial charge is 0.321 e. The van der Waals surface area contributed by atoms with Crippen LogP contribution in [0.1, 0.15) is 5.56 Å². The molecule has 0 radical (unpaired) electrons. The van der Waals surface area contributed by atoms with E-state index in [1.165, 1.54) is 0 Å². The minimum Gasteiger partial charge on any atom is -0.323 e. The van der Waals surface area contributed by atoms with Crippen LogP contribution in [0.3, 0.4) is 0 Å². The van der Waals surface area contributed by atoms with Crippen molar-refractivity contribution in [3.8, 4) is 0 Å². The fourth-order valence-corrected chi connectivity index (χ4v) is 2.25. The number of anilines is 1. The average molecular weight is 280 g/mol. The second kappa shape index (κ2) is 5.66. The van der Waals surface area contributed by atoms with Gasteiger partial charge in [0.05, 0.1) is 18.4 Å². The predicted molar refractivity (Wildman–Crippen MR) is 83.0 cm³/mol. The van der Waals surface area contributed by atoms with Crippen LogP contribution >= 0.6 is 0 Å². The predicted octanol–water partition coefficient (Wildman–Crippen LogP) is 3.23. The Bertz CT molecular complexity index is 747. The van der Waals surface area contributed by atoms with E-state index in [4.69, 9.17) is 0 Å². The number of amides is 2. The first-order chi connectivity index (χ1) is 10.2. The van der Waals surface area contributed by atoms with Gasteiger partial charge in [-0.1, -0.05) is 36.4 Å². The highest BCUT2D eigenvalue weighted by atomic mass is 16.2. The first-order valence-electron chi connectivity index (χ1n) is 6.71. The summed E-state index contributed by atoms with van der Waals surface area (Å²) in [6.07, 6.45) is 3.49. The third-order valence-corrected chi connectivity index (χ3v) is 3.35. The Morgan fingerprint density at radius 2 is 2.05 bits per heavy atom. The number of urea groups is 1. The van der Waals surface area contributed by atoms with E-state index in [-0.39, 0.29) is 6.03 Å². The molecule has 3 aromatic rings. The molecule has 0 atom stereocenters. The summed E-state index contributed by atoms with van der Waals surface area (Å²) in [7, 11) is 1.76. The molecule has 21 heavy (non-hydrogen) atoms. The van der Waals surface area contributed by atoms with Crippen LogP contribution in [-0.2, 0) is 6.54 Å². The molecule has 1 aromatic heterocycles. The van der Waals surface area contributed by atoms with Crippen molar-refractivity contribution < 1.29 is 4.79 Å². The van der Waals surface area contributed by atoms with Crippen LogP contribution in [-0.4, -0.2) is 28.2 Å². The fourth-order valence-electron chi connectivity index (χ4n) is 2.25. The van der Waals surface area contributed by atoms with E-state index in [0.717, 1.165) is 22.0 Å². The maximum absolute atomic E-state index is 12.3. The molecule has 106 valence electrons. The molecule has 0 aliphatic heterocycles. The zero-order chi connectivity index (χ0) is 14.7. The van der Waals surface area contributed by atoms with Gasteiger partial charge in [-0.15, -0.1) is 0 Å². The quantitative estimate of drug-likeness (QED) is 0.773. The van der Waals surface area contributed by atoms with Gasteiger partial charge in [0.25, 0.3) is 0 Å². The van der Waals surface area contributed by atoms with Crippen LogP contribution in [0.15, 0.2) is 54.9 Å². The molecule has 1 heterocycles. The number of nitrogens with one attached hydrogen (secondary N) is 2. The van der Waals surface area contributed by atoms with Crippen LogP contribution in [0.5, 0.6) is 0 Å². The SMILES string of the molecule is CN(Cc1cn[nH]c1)C(=O)Nc1cccc2ccccc12. The standard InChI is InChI=1S/C16H16N4O/c1-20(11-12-9-17-18-10-12)16(21)19-15-8-4-6-13-5-2-3-7-14(13)15/h2-10H,11H2,1H3,(H,17,18)(H,19,21). The maximum atomic E-state index is 12.3. The number of aromatic amines is 1. The van der Waals surface area contributed by atoms with Crippen LogP contribution in [0, 0.1) is 0 Å². The van der Waals surface area contributed by atoms with Gasteiger partial charge in [-0.25, -0.2) is 4.79 Å². The number of hydrogen-bond donors (Lipinski definition) is 2. The zero-order valence-electron chi connectivity index (χ0n) is 11.7. The topological polar surface area (TPSA) is 61.0 Å². The van der Waals surface area contributed by atoms with E-state index in [9.17, 15) is 4.79 Å². The Balaban J connectivity index is 1.77. The number of rotatable bonds is 3. The van der Waals surface area contributed by atoms with Crippen molar-refractivity contribution in [3.63, 3.8) is 0 Å². The molecule has 3 rings (SSSR count). The summed E-state index contributed by atoms with van der Waals surface area (Å²) in [6, 6.07) is 13.7. The molecule has 5 heteroatoms. The Morgan fingerprint density at radius 1 is 1.24 bits per heavy atom. The summed E-state index contributed by atoms with van der Waals surface area (Å²) in [5.41, 5.74) is 1.78. The molecule has 0 saturated heterocycles. The summed E-state index contributed by atoms with van der Waals surface area (Å²) >= 11 is 0. The number of carbonyl (C=O) groups excluding carboxylic acids is 1. The average Bonchev–Trinajstić information content (AvgIpc) is 3.00. The van der Waals surface area contributed by atoms with Crippen molar-refractivity contribution in [3.05, 3.63) is 60.4 Å². The van der Waals surface area contributed by atoms with Crippen molar-refractivity contribution in [2.45, 2.75) is 6.54 Å². The molecule has 2 aromatic carbocycles. The number of nitrogens with zero attached hydrogens (tertiary/aromatic N) is 2. The Labute approximate surface area is 122 Å². The minimum atomic E-state index is -0.146. The van der Waals surface area contributed by atoms with E-state index in [0.29, 0.717) is 6.54 Å². The number of H-pyrrole nitrogens is 1. The molecular formula is C16H16N4O. The van der Waals surface area contributed by atoms with Gasteiger partial charge in [-0.3, -0.25) is 5.10 Å². The van der Waals surface area contributed by atoms with Gasteiger partial charge in [0.2, 0.25) is 0 Å². The van der Waals surface area contributed by atoms with Crippen molar-refractivity contribution in [1.82, 2.24) is 15.1 Å². The first-order valence-corrected chi connectivity index (χ1v) is 6.71. The highest BCUT2D eigenvalue weighted by Gasteiger charge is 2.11. The van der Waals surface area contributed by atoms with Crippen LogP contribution in [0.4, 0.5) is 10.5 Å². The third kappa shape index (κ3) is 2.86. The van der Waals surface area contributed by atoms with Gasteiger partial charge in [0.15, 0.2) is 0 Å². The Morgan fingerprint density at radius 3 is 2.86 bits per heavy atom. The second-order valence-electron chi connectivity index (χ2n) is 4.92. The number of aromatic nitrogens is 2. The second-order valence-corrected chi connectivity index (χ2v) is 4.92. The molecule has 0 spiro atoms. The molecule has 2 N–H and O–H groups in total. The number of benzene rings is 2. The molecule has 0 aliphatic rings. The van der Waals surface area contributed by atoms with Gasteiger partial charge < -0.3 is 10.2 Å². The van der Waals surface area contributed by atoms with Crippen LogP contribution in [0.2, 0.25) is 0 Å². The minimum absolute atomic E-state index is 0.146. The lowest BCUT2D eigenvalue weighted by atomic mass is 10.1. The highest BCUT2D eigenvalue weighted by molar-refractivity contribution is 6.01. The summed E-state index contributed by atoms with van der Waals surface area (Å²) in [4.78, 5) is 13.9. The lowest BCUT2D eigenvalue weighted by molar-refractivity contribution is 0.220. The van der Waals surface area contributed by atoms with Crippen molar-refractivity contribution in [2.75, 3.05) is 12.4 Å². The Hall–Kier alpha value is -2.82. The lowest BCUT2D eigenvalue weighted by Gasteiger charge is -2.18. The Kier molecular flexibility index (Phi) is 3.55. The van der Waals surface area contributed by atoms with E-state index < -0.39 is 0 Å². The summed E-state index contributed by atoms with van der Waals surface area (Å²) in [6.45, 7) is 0.507. The highest BCUT2D eigenvalue weighted by Crippen LogP contribution is 2.23. The number of fused-ring (bicyclic) bond motifs is 1. The van der Waals surface area contributed by atoms with Gasteiger partial charge in [-0.05, 0) is 11.5 Å². The number of hydrogen-bond acceptors (Lipinski definition) is 2. The van der Waals surface area contributed by atoms with Crippen LogP contribution in [0.25, 0.3) is 10.8 Å². The fraction of sp³-hybridized carbons (Fsp3) is 0.125.